The SMILES string of the molecule is Nc1cc(F)cc(Br)c1OCCN1CCCC1. The molecule has 0 bridgehead atoms. The number of anilines is 1. The molecule has 0 spiro atoms. The zero-order valence-electron chi connectivity index (χ0n) is 9.59. The average molecular weight is 303 g/mol. The highest BCUT2D eigenvalue weighted by molar-refractivity contribution is 9.10. The molecule has 1 saturated heterocycles. The Hall–Kier alpha value is -0.810. The molecule has 5 heteroatoms. The molecule has 0 unspecified atom stereocenters. The summed E-state index contributed by atoms with van der Waals surface area (Å²) in [6.45, 7) is 3.75. The van der Waals surface area contributed by atoms with E-state index in [4.69, 9.17) is 10.5 Å². The molecule has 3 nitrogen and oxygen atoms in total. The molecular weight excluding hydrogens is 287 g/mol. The molecule has 1 aromatic rings. The fourth-order valence-electron chi connectivity index (χ4n) is 2.02. The van der Waals surface area contributed by atoms with E-state index >= 15 is 0 Å². The van der Waals surface area contributed by atoms with Crippen molar-refractivity contribution < 1.29 is 9.13 Å². The van der Waals surface area contributed by atoms with Crippen molar-refractivity contribution in [1.29, 1.82) is 0 Å². The summed E-state index contributed by atoms with van der Waals surface area (Å²) < 4.78 is 19.2. The van der Waals surface area contributed by atoms with Gasteiger partial charge in [-0.1, -0.05) is 0 Å². The van der Waals surface area contributed by atoms with E-state index in [1.54, 1.807) is 0 Å². The molecule has 0 aliphatic carbocycles. The van der Waals surface area contributed by atoms with Crippen LogP contribution in [0.25, 0.3) is 0 Å². The van der Waals surface area contributed by atoms with Crippen LogP contribution < -0.4 is 10.5 Å². The van der Waals surface area contributed by atoms with Gasteiger partial charge in [0.1, 0.15) is 12.4 Å². The molecule has 1 aromatic carbocycles. The lowest BCUT2D eigenvalue weighted by Crippen LogP contribution is -2.25. The third-order valence-corrected chi connectivity index (χ3v) is 3.48. The van der Waals surface area contributed by atoms with Crippen molar-refractivity contribution in [1.82, 2.24) is 4.90 Å². The Morgan fingerprint density at radius 1 is 1.35 bits per heavy atom. The van der Waals surface area contributed by atoms with Crippen molar-refractivity contribution in [3.8, 4) is 5.75 Å². The highest BCUT2D eigenvalue weighted by atomic mass is 79.9. The van der Waals surface area contributed by atoms with Crippen LogP contribution in [0.2, 0.25) is 0 Å². The number of hydrogen-bond acceptors (Lipinski definition) is 3. The minimum Gasteiger partial charge on any atom is -0.489 e. The van der Waals surface area contributed by atoms with Gasteiger partial charge in [-0.3, -0.25) is 4.90 Å². The Kier molecular flexibility index (Phi) is 4.23. The number of nitrogen functional groups attached to an aromatic ring is 1. The fourth-order valence-corrected chi connectivity index (χ4v) is 2.58. The average Bonchev–Trinajstić information content (AvgIpc) is 2.74. The van der Waals surface area contributed by atoms with E-state index in [2.05, 4.69) is 20.8 Å². The number of nitrogens with zero attached hydrogens (tertiary/aromatic N) is 1. The van der Waals surface area contributed by atoms with Crippen LogP contribution in [-0.4, -0.2) is 31.1 Å². The van der Waals surface area contributed by atoms with Gasteiger partial charge in [-0.25, -0.2) is 4.39 Å². The molecule has 0 amide bonds. The quantitative estimate of drug-likeness (QED) is 0.869. The summed E-state index contributed by atoms with van der Waals surface area (Å²) >= 11 is 3.25. The molecule has 0 atom stereocenters. The van der Waals surface area contributed by atoms with Crippen molar-refractivity contribution in [3.05, 3.63) is 22.4 Å². The van der Waals surface area contributed by atoms with E-state index in [1.165, 1.54) is 25.0 Å². The maximum atomic E-state index is 13.0. The second-order valence-corrected chi connectivity index (χ2v) is 5.06. The van der Waals surface area contributed by atoms with Gasteiger partial charge in [0.25, 0.3) is 0 Å². The third kappa shape index (κ3) is 3.33. The predicted octanol–water partition coefficient (Wildman–Crippen LogP) is 2.65. The number of ether oxygens (including phenoxy) is 1. The number of benzene rings is 1. The molecule has 1 aliphatic heterocycles. The summed E-state index contributed by atoms with van der Waals surface area (Å²) in [4.78, 5) is 2.35. The van der Waals surface area contributed by atoms with Crippen LogP contribution in [0.15, 0.2) is 16.6 Å². The first-order valence-corrected chi connectivity index (χ1v) is 6.56. The lowest BCUT2D eigenvalue weighted by Gasteiger charge is -2.16. The van der Waals surface area contributed by atoms with E-state index in [-0.39, 0.29) is 5.82 Å². The van der Waals surface area contributed by atoms with Gasteiger partial charge in [0.2, 0.25) is 0 Å². The summed E-state index contributed by atoms with van der Waals surface area (Å²) in [6, 6.07) is 2.64. The van der Waals surface area contributed by atoms with Crippen LogP contribution in [0.5, 0.6) is 5.75 Å². The van der Waals surface area contributed by atoms with E-state index in [0.717, 1.165) is 19.6 Å². The topological polar surface area (TPSA) is 38.5 Å². The number of rotatable bonds is 4. The van der Waals surface area contributed by atoms with E-state index < -0.39 is 0 Å². The number of nitrogens with two attached hydrogens (primary N) is 1. The molecule has 94 valence electrons. The van der Waals surface area contributed by atoms with Crippen LogP contribution in [0.4, 0.5) is 10.1 Å². The van der Waals surface area contributed by atoms with Crippen LogP contribution in [0.1, 0.15) is 12.8 Å². The molecule has 0 saturated carbocycles. The normalized spacial score (nSPS) is 16.4. The summed E-state index contributed by atoms with van der Waals surface area (Å²) in [5.41, 5.74) is 6.04. The lowest BCUT2D eigenvalue weighted by molar-refractivity contribution is 0.237. The molecular formula is C12H16BrFN2O. The van der Waals surface area contributed by atoms with Gasteiger partial charge in [0, 0.05) is 12.6 Å². The van der Waals surface area contributed by atoms with Gasteiger partial charge >= 0.3 is 0 Å². The Morgan fingerprint density at radius 3 is 2.71 bits per heavy atom. The first-order chi connectivity index (χ1) is 8.16. The van der Waals surface area contributed by atoms with E-state index in [1.807, 2.05) is 0 Å². The molecule has 0 aromatic heterocycles. The highest BCUT2D eigenvalue weighted by Gasteiger charge is 2.12. The molecule has 0 radical (unpaired) electrons. The standard InChI is InChI=1S/C12H16BrFN2O/c13-10-7-9(14)8-11(15)12(10)17-6-5-16-3-1-2-4-16/h7-8H,1-6,15H2. The highest BCUT2D eigenvalue weighted by Crippen LogP contribution is 2.32. The summed E-state index contributed by atoms with van der Waals surface area (Å²) in [6.07, 6.45) is 2.53. The summed E-state index contributed by atoms with van der Waals surface area (Å²) in [5.74, 6) is 0.173. The Bertz CT molecular complexity index is 371. The van der Waals surface area contributed by atoms with Gasteiger partial charge in [-0.05, 0) is 47.9 Å². The molecule has 1 heterocycles. The first kappa shape index (κ1) is 12.6. The third-order valence-electron chi connectivity index (χ3n) is 2.89. The molecule has 1 fully saturated rings. The molecule has 1 aliphatic rings. The van der Waals surface area contributed by atoms with Crippen LogP contribution in [0, 0.1) is 5.82 Å². The summed E-state index contributed by atoms with van der Waals surface area (Å²) in [5, 5.41) is 0. The molecule has 2 rings (SSSR count). The molecule has 2 N–H and O–H groups in total. The molecule has 17 heavy (non-hydrogen) atoms. The summed E-state index contributed by atoms with van der Waals surface area (Å²) in [7, 11) is 0. The minimum absolute atomic E-state index is 0.332. The van der Waals surface area contributed by atoms with E-state index in [9.17, 15) is 4.39 Å². The van der Waals surface area contributed by atoms with Crippen LogP contribution >= 0.6 is 15.9 Å². The van der Waals surface area contributed by atoms with Gasteiger partial charge in [0.15, 0.2) is 5.75 Å². The van der Waals surface area contributed by atoms with Gasteiger partial charge in [-0.2, -0.15) is 0 Å². The largest absolute Gasteiger partial charge is 0.489 e. The van der Waals surface area contributed by atoms with E-state index in [0.29, 0.717) is 22.5 Å². The zero-order chi connectivity index (χ0) is 12.3. The van der Waals surface area contributed by atoms with Gasteiger partial charge in [-0.15, -0.1) is 0 Å². The first-order valence-electron chi connectivity index (χ1n) is 5.76. The maximum Gasteiger partial charge on any atom is 0.156 e. The predicted molar refractivity (Wildman–Crippen MR) is 69.7 cm³/mol. The van der Waals surface area contributed by atoms with Crippen molar-refractivity contribution in [2.24, 2.45) is 0 Å². The number of hydrogen-bond donors (Lipinski definition) is 1. The Morgan fingerprint density at radius 2 is 2.06 bits per heavy atom. The Labute approximate surface area is 109 Å². The van der Waals surface area contributed by atoms with Crippen molar-refractivity contribution in [2.45, 2.75) is 12.8 Å². The second kappa shape index (κ2) is 5.69. The van der Waals surface area contributed by atoms with Crippen molar-refractivity contribution in [2.75, 3.05) is 32.0 Å². The smallest absolute Gasteiger partial charge is 0.156 e. The Balaban J connectivity index is 1.89. The number of likely N-dealkylation sites (tertiary alicyclic amines) is 1. The van der Waals surface area contributed by atoms with Gasteiger partial charge < -0.3 is 10.5 Å². The zero-order valence-corrected chi connectivity index (χ0v) is 11.2. The van der Waals surface area contributed by atoms with Crippen molar-refractivity contribution >= 4 is 21.6 Å². The van der Waals surface area contributed by atoms with Crippen molar-refractivity contribution in [3.63, 3.8) is 0 Å². The second-order valence-electron chi connectivity index (χ2n) is 4.20. The fraction of sp³-hybridized carbons (Fsp3) is 0.500. The van der Waals surface area contributed by atoms with Crippen LogP contribution in [0.3, 0.4) is 0 Å². The minimum atomic E-state index is -0.360. The van der Waals surface area contributed by atoms with Gasteiger partial charge in [0.05, 0.1) is 10.2 Å². The number of halogens is 2. The lowest BCUT2D eigenvalue weighted by atomic mass is 10.3. The monoisotopic (exact) mass is 302 g/mol. The maximum absolute atomic E-state index is 13.0. The van der Waals surface area contributed by atoms with Crippen LogP contribution in [-0.2, 0) is 0 Å².